The number of carboxylic acid groups (broad SMARTS) is 1. The standard InChI is InChI=1S/C19H14N4O4S/c20-28(26,27)13-3-1-2-12(9-13)22-18-15-6-7-21-10-16(15)14-5-4-11(19(24)25)8-17(14)23-18/h1-10H,(H,22,23)(H,24,25)(H2,20,26,27). The first kappa shape index (κ1) is 17.8. The van der Waals surface area contributed by atoms with Crippen LogP contribution in [0, 0.1) is 0 Å². The number of nitrogens with zero attached hydrogens (tertiary/aromatic N) is 2. The Hall–Kier alpha value is -3.56. The van der Waals surface area contributed by atoms with Crippen LogP contribution in [0.2, 0.25) is 0 Å². The van der Waals surface area contributed by atoms with Crippen molar-refractivity contribution < 1.29 is 18.3 Å². The van der Waals surface area contributed by atoms with Gasteiger partial charge in [-0.15, -0.1) is 0 Å². The second kappa shape index (κ2) is 6.55. The summed E-state index contributed by atoms with van der Waals surface area (Å²) in [6.07, 6.45) is 3.29. The van der Waals surface area contributed by atoms with Gasteiger partial charge in [-0.05, 0) is 36.4 Å². The number of hydrogen-bond donors (Lipinski definition) is 3. The third kappa shape index (κ3) is 3.24. The van der Waals surface area contributed by atoms with Gasteiger partial charge in [-0.2, -0.15) is 0 Å². The molecule has 2 heterocycles. The van der Waals surface area contributed by atoms with Crippen LogP contribution >= 0.6 is 0 Å². The second-order valence-electron chi connectivity index (χ2n) is 6.12. The average Bonchev–Trinajstić information content (AvgIpc) is 2.67. The Kier molecular flexibility index (Phi) is 4.17. The van der Waals surface area contributed by atoms with Crippen molar-refractivity contribution in [3.8, 4) is 0 Å². The van der Waals surface area contributed by atoms with E-state index in [9.17, 15) is 18.3 Å². The minimum Gasteiger partial charge on any atom is -0.478 e. The Bertz CT molecular complexity index is 1350. The summed E-state index contributed by atoms with van der Waals surface area (Å²) in [5.74, 6) is -0.607. The van der Waals surface area contributed by atoms with Gasteiger partial charge < -0.3 is 10.4 Å². The molecule has 2 aromatic carbocycles. The van der Waals surface area contributed by atoms with Crippen LogP contribution < -0.4 is 10.5 Å². The van der Waals surface area contributed by atoms with Crippen LogP contribution in [0.1, 0.15) is 10.4 Å². The van der Waals surface area contributed by atoms with E-state index < -0.39 is 16.0 Å². The molecule has 0 aliphatic carbocycles. The largest absolute Gasteiger partial charge is 0.478 e. The molecule has 0 amide bonds. The van der Waals surface area contributed by atoms with Crippen LogP contribution in [-0.4, -0.2) is 29.5 Å². The molecule has 0 saturated heterocycles. The molecule has 0 radical (unpaired) electrons. The number of carboxylic acids is 1. The highest BCUT2D eigenvalue weighted by atomic mass is 32.2. The molecule has 0 saturated carbocycles. The van der Waals surface area contributed by atoms with Crippen LogP contribution in [0.4, 0.5) is 11.5 Å². The third-order valence-electron chi connectivity index (χ3n) is 4.27. The van der Waals surface area contributed by atoms with Gasteiger partial charge in [-0.25, -0.2) is 23.3 Å². The number of nitrogens with two attached hydrogens (primary N) is 1. The molecule has 0 bridgehead atoms. The lowest BCUT2D eigenvalue weighted by Gasteiger charge is -2.12. The molecule has 28 heavy (non-hydrogen) atoms. The predicted octanol–water partition coefficient (Wildman–Crippen LogP) is 2.87. The number of primary sulfonamides is 1. The monoisotopic (exact) mass is 394 g/mol. The number of aromatic nitrogens is 2. The third-order valence-corrected chi connectivity index (χ3v) is 5.18. The molecular weight excluding hydrogens is 380 g/mol. The van der Waals surface area contributed by atoms with E-state index in [-0.39, 0.29) is 10.5 Å². The summed E-state index contributed by atoms with van der Waals surface area (Å²) >= 11 is 0. The second-order valence-corrected chi connectivity index (χ2v) is 7.68. The number of rotatable bonds is 4. The predicted molar refractivity (Wildman–Crippen MR) is 105 cm³/mol. The molecule has 0 atom stereocenters. The van der Waals surface area contributed by atoms with Gasteiger partial charge in [0.1, 0.15) is 5.82 Å². The Morgan fingerprint density at radius 2 is 1.86 bits per heavy atom. The molecule has 4 N–H and O–H groups in total. The first-order valence-corrected chi connectivity index (χ1v) is 9.68. The highest BCUT2D eigenvalue weighted by molar-refractivity contribution is 7.89. The van der Waals surface area contributed by atoms with Crippen LogP contribution in [0.5, 0.6) is 0 Å². The summed E-state index contributed by atoms with van der Waals surface area (Å²) in [5.41, 5.74) is 1.07. The molecule has 0 fully saturated rings. The van der Waals surface area contributed by atoms with Gasteiger partial charge >= 0.3 is 5.97 Å². The summed E-state index contributed by atoms with van der Waals surface area (Å²) < 4.78 is 23.2. The van der Waals surface area contributed by atoms with Crippen molar-refractivity contribution in [2.75, 3.05) is 5.32 Å². The minimum atomic E-state index is -3.85. The number of anilines is 2. The first-order valence-electron chi connectivity index (χ1n) is 8.13. The quantitative estimate of drug-likeness (QED) is 0.453. The van der Waals surface area contributed by atoms with Crippen molar-refractivity contribution in [1.29, 1.82) is 0 Å². The summed E-state index contributed by atoms with van der Waals surface area (Å²) in [6.45, 7) is 0. The smallest absolute Gasteiger partial charge is 0.335 e. The lowest BCUT2D eigenvalue weighted by Crippen LogP contribution is -2.12. The van der Waals surface area contributed by atoms with Gasteiger partial charge in [0.25, 0.3) is 0 Å². The SMILES string of the molecule is NS(=O)(=O)c1cccc(Nc2nc3cc(C(=O)O)ccc3c3cnccc23)c1. The number of aromatic carboxylic acids is 1. The fourth-order valence-electron chi connectivity index (χ4n) is 2.96. The maximum atomic E-state index is 11.6. The van der Waals surface area contributed by atoms with E-state index in [0.29, 0.717) is 17.0 Å². The molecule has 140 valence electrons. The van der Waals surface area contributed by atoms with E-state index in [1.54, 1.807) is 36.7 Å². The van der Waals surface area contributed by atoms with Crippen LogP contribution in [0.25, 0.3) is 21.7 Å². The number of nitrogens with one attached hydrogen (secondary N) is 1. The maximum absolute atomic E-state index is 11.6. The van der Waals surface area contributed by atoms with Gasteiger partial charge in [0.15, 0.2) is 0 Å². The van der Waals surface area contributed by atoms with E-state index in [1.165, 1.54) is 24.3 Å². The molecule has 8 nitrogen and oxygen atoms in total. The van der Waals surface area contributed by atoms with Crippen molar-refractivity contribution in [3.05, 3.63) is 66.5 Å². The van der Waals surface area contributed by atoms with Gasteiger partial charge in [0, 0.05) is 34.2 Å². The number of fused-ring (bicyclic) bond motifs is 3. The van der Waals surface area contributed by atoms with Crippen LogP contribution in [-0.2, 0) is 10.0 Å². The zero-order chi connectivity index (χ0) is 19.9. The highest BCUT2D eigenvalue weighted by Crippen LogP contribution is 2.31. The van der Waals surface area contributed by atoms with Crippen molar-refractivity contribution in [2.45, 2.75) is 4.90 Å². The molecule has 0 unspecified atom stereocenters. The van der Waals surface area contributed by atoms with Gasteiger partial charge in [-0.3, -0.25) is 4.98 Å². The molecule has 0 spiro atoms. The van der Waals surface area contributed by atoms with Crippen molar-refractivity contribution >= 4 is 49.2 Å². The van der Waals surface area contributed by atoms with Crippen LogP contribution in [0.15, 0.2) is 65.8 Å². The maximum Gasteiger partial charge on any atom is 0.335 e. The van der Waals surface area contributed by atoms with E-state index in [1.807, 2.05) is 0 Å². The lowest BCUT2D eigenvalue weighted by atomic mass is 10.1. The number of sulfonamides is 1. The van der Waals surface area contributed by atoms with Crippen molar-refractivity contribution in [3.63, 3.8) is 0 Å². The number of carbonyl (C=O) groups is 1. The van der Waals surface area contributed by atoms with E-state index in [4.69, 9.17) is 5.14 Å². The molecular formula is C19H14N4O4S. The van der Waals surface area contributed by atoms with Crippen LogP contribution in [0.3, 0.4) is 0 Å². The summed E-state index contributed by atoms with van der Waals surface area (Å²) in [4.78, 5) is 20.0. The van der Waals surface area contributed by atoms with Crippen molar-refractivity contribution in [1.82, 2.24) is 9.97 Å². The molecule has 4 rings (SSSR count). The number of pyridine rings is 2. The zero-order valence-corrected chi connectivity index (χ0v) is 15.1. The average molecular weight is 394 g/mol. The zero-order valence-electron chi connectivity index (χ0n) is 14.3. The first-order chi connectivity index (χ1) is 13.3. The fraction of sp³-hybridized carbons (Fsp3) is 0. The van der Waals surface area contributed by atoms with E-state index >= 15 is 0 Å². The number of benzene rings is 2. The van der Waals surface area contributed by atoms with Gasteiger partial charge in [0.05, 0.1) is 16.0 Å². The Labute approximate surface area is 159 Å². The molecule has 0 aliphatic heterocycles. The highest BCUT2D eigenvalue weighted by Gasteiger charge is 2.13. The minimum absolute atomic E-state index is 0.0302. The Morgan fingerprint density at radius 1 is 1.04 bits per heavy atom. The van der Waals surface area contributed by atoms with Crippen molar-refractivity contribution in [2.24, 2.45) is 5.14 Å². The summed E-state index contributed by atoms with van der Waals surface area (Å²) in [7, 11) is -3.85. The van der Waals surface area contributed by atoms with Gasteiger partial charge in [-0.1, -0.05) is 12.1 Å². The fourth-order valence-corrected chi connectivity index (χ4v) is 3.52. The molecule has 0 aliphatic rings. The Morgan fingerprint density at radius 3 is 2.61 bits per heavy atom. The molecule has 2 aromatic heterocycles. The van der Waals surface area contributed by atoms with E-state index in [0.717, 1.165) is 16.2 Å². The Balaban J connectivity index is 1.91. The van der Waals surface area contributed by atoms with Gasteiger partial charge in [0.2, 0.25) is 10.0 Å². The summed E-state index contributed by atoms with van der Waals surface area (Å²) in [5, 5.41) is 19.8. The number of hydrogen-bond acceptors (Lipinski definition) is 6. The molecule has 4 aromatic rings. The lowest BCUT2D eigenvalue weighted by molar-refractivity contribution is 0.0697. The summed E-state index contributed by atoms with van der Waals surface area (Å²) in [6, 6.07) is 12.5. The van der Waals surface area contributed by atoms with E-state index in [2.05, 4.69) is 15.3 Å². The normalized spacial score (nSPS) is 11.6. The molecule has 9 heteroatoms. The topological polar surface area (TPSA) is 135 Å².